The molecule has 1 saturated heterocycles. The van der Waals surface area contributed by atoms with Crippen molar-refractivity contribution in [3.05, 3.63) is 45.9 Å². The smallest absolute Gasteiger partial charge is 0.273 e. The molecule has 0 unspecified atom stereocenters. The average molecular weight is 369 g/mol. The molecule has 0 spiro atoms. The molecule has 0 bridgehead atoms. The van der Waals surface area contributed by atoms with Gasteiger partial charge in [0.2, 0.25) is 5.91 Å². The van der Waals surface area contributed by atoms with Crippen LogP contribution in [-0.2, 0) is 11.2 Å². The van der Waals surface area contributed by atoms with Crippen LogP contribution < -0.4 is 5.56 Å². The molecule has 144 valence electrons. The molecule has 1 fully saturated rings. The fraction of sp³-hybridized carbons (Fsp3) is 0.500. The first-order chi connectivity index (χ1) is 12.9. The first-order valence-electron chi connectivity index (χ1n) is 9.49. The van der Waals surface area contributed by atoms with E-state index < -0.39 is 0 Å². The summed E-state index contributed by atoms with van der Waals surface area (Å²) >= 11 is 0. The SMILES string of the molecule is Cc1cccc(-c2nnc(CCC(=O)N3CCN(C(C)C)CC3)c(=O)[nH]2)c1. The van der Waals surface area contributed by atoms with E-state index >= 15 is 0 Å². The van der Waals surface area contributed by atoms with Crippen LogP contribution in [0.2, 0.25) is 0 Å². The fourth-order valence-corrected chi connectivity index (χ4v) is 3.32. The second-order valence-corrected chi connectivity index (χ2v) is 7.33. The van der Waals surface area contributed by atoms with Crippen LogP contribution in [-0.4, -0.2) is 63.1 Å². The van der Waals surface area contributed by atoms with Crippen LogP contribution in [0.4, 0.5) is 0 Å². The van der Waals surface area contributed by atoms with E-state index in [4.69, 9.17) is 0 Å². The number of rotatable bonds is 5. The lowest BCUT2D eigenvalue weighted by Crippen LogP contribution is -2.50. The highest BCUT2D eigenvalue weighted by molar-refractivity contribution is 5.76. The summed E-state index contributed by atoms with van der Waals surface area (Å²) in [5, 5.41) is 8.20. The zero-order valence-electron chi connectivity index (χ0n) is 16.2. The standard InChI is InChI=1S/C20H27N5O2/c1-14(2)24-9-11-25(12-10-24)18(26)8-7-17-20(27)21-19(23-22-17)16-6-4-5-15(3)13-16/h4-6,13-14H,7-12H2,1-3H3,(H,21,23,27). The number of hydrogen-bond donors (Lipinski definition) is 1. The van der Waals surface area contributed by atoms with Crippen LogP contribution >= 0.6 is 0 Å². The summed E-state index contributed by atoms with van der Waals surface area (Å²) in [6.45, 7) is 9.60. The third kappa shape index (κ3) is 4.80. The molecule has 1 aliphatic rings. The van der Waals surface area contributed by atoms with Gasteiger partial charge in [-0.3, -0.25) is 14.5 Å². The Bertz CT molecular complexity index is 853. The lowest BCUT2D eigenvalue weighted by molar-refractivity contribution is -0.133. The number of carbonyl (C=O) groups excluding carboxylic acids is 1. The van der Waals surface area contributed by atoms with Crippen LogP contribution in [0.5, 0.6) is 0 Å². The highest BCUT2D eigenvalue weighted by Crippen LogP contribution is 2.14. The van der Waals surface area contributed by atoms with Gasteiger partial charge < -0.3 is 9.88 Å². The van der Waals surface area contributed by atoms with Crippen LogP contribution in [0.1, 0.15) is 31.5 Å². The molecular formula is C20H27N5O2. The zero-order valence-corrected chi connectivity index (χ0v) is 16.2. The first kappa shape index (κ1) is 19.2. The van der Waals surface area contributed by atoms with Crippen molar-refractivity contribution in [2.45, 2.75) is 39.7 Å². The number of hydrogen-bond acceptors (Lipinski definition) is 5. The molecular weight excluding hydrogens is 342 g/mol. The van der Waals surface area contributed by atoms with Gasteiger partial charge in [0.1, 0.15) is 5.69 Å². The number of nitrogens with zero attached hydrogens (tertiary/aromatic N) is 4. The zero-order chi connectivity index (χ0) is 19.4. The van der Waals surface area contributed by atoms with Crippen molar-refractivity contribution in [3.63, 3.8) is 0 Å². The number of aryl methyl sites for hydroxylation is 2. The number of benzene rings is 1. The van der Waals surface area contributed by atoms with Crippen molar-refractivity contribution in [1.82, 2.24) is 25.0 Å². The Hall–Kier alpha value is -2.54. The maximum Gasteiger partial charge on any atom is 0.273 e. The van der Waals surface area contributed by atoms with Gasteiger partial charge in [-0.25, -0.2) is 0 Å². The van der Waals surface area contributed by atoms with Crippen molar-refractivity contribution >= 4 is 5.91 Å². The van der Waals surface area contributed by atoms with E-state index in [1.807, 2.05) is 36.1 Å². The molecule has 0 radical (unpaired) electrons. The van der Waals surface area contributed by atoms with Crippen molar-refractivity contribution in [2.24, 2.45) is 0 Å². The Kier molecular flexibility index (Phi) is 6.01. The van der Waals surface area contributed by atoms with E-state index in [2.05, 4.69) is 33.9 Å². The van der Waals surface area contributed by atoms with Gasteiger partial charge in [0, 0.05) is 50.6 Å². The Morgan fingerprint density at radius 2 is 1.93 bits per heavy atom. The molecule has 3 rings (SSSR count). The summed E-state index contributed by atoms with van der Waals surface area (Å²) < 4.78 is 0. The minimum atomic E-state index is -0.279. The Morgan fingerprint density at radius 3 is 2.56 bits per heavy atom. The predicted molar refractivity (Wildman–Crippen MR) is 104 cm³/mol. The second-order valence-electron chi connectivity index (χ2n) is 7.33. The number of H-pyrrole nitrogens is 1. The van der Waals surface area contributed by atoms with Gasteiger partial charge in [-0.15, -0.1) is 10.2 Å². The van der Waals surface area contributed by atoms with E-state index in [1.54, 1.807) is 0 Å². The van der Waals surface area contributed by atoms with E-state index in [0.717, 1.165) is 37.3 Å². The van der Waals surface area contributed by atoms with Gasteiger partial charge in [-0.05, 0) is 26.8 Å². The minimum Gasteiger partial charge on any atom is -0.340 e. The Morgan fingerprint density at radius 1 is 1.19 bits per heavy atom. The highest BCUT2D eigenvalue weighted by atomic mass is 16.2. The Balaban J connectivity index is 1.58. The first-order valence-corrected chi connectivity index (χ1v) is 9.49. The molecule has 1 aromatic heterocycles. The molecule has 1 N–H and O–H groups in total. The van der Waals surface area contributed by atoms with Crippen LogP contribution in [0.25, 0.3) is 11.4 Å². The van der Waals surface area contributed by atoms with Gasteiger partial charge in [0.15, 0.2) is 5.82 Å². The maximum absolute atomic E-state index is 12.4. The molecule has 1 amide bonds. The summed E-state index contributed by atoms with van der Waals surface area (Å²) in [4.78, 5) is 31.8. The van der Waals surface area contributed by atoms with Gasteiger partial charge in [-0.2, -0.15) is 0 Å². The molecule has 1 aliphatic heterocycles. The summed E-state index contributed by atoms with van der Waals surface area (Å²) in [5.41, 5.74) is 1.94. The Labute approximate surface area is 159 Å². The van der Waals surface area contributed by atoms with Crippen LogP contribution in [0.15, 0.2) is 29.1 Å². The molecule has 7 nitrogen and oxygen atoms in total. The molecule has 2 heterocycles. The molecule has 1 aromatic carbocycles. The monoisotopic (exact) mass is 369 g/mol. The van der Waals surface area contributed by atoms with Crippen molar-refractivity contribution < 1.29 is 4.79 Å². The van der Waals surface area contributed by atoms with Gasteiger partial charge in [-0.1, -0.05) is 23.8 Å². The lowest BCUT2D eigenvalue weighted by atomic mass is 10.1. The number of nitrogens with one attached hydrogen (secondary N) is 1. The van der Waals surface area contributed by atoms with Crippen LogP contribution in [0.3, 0.4) is 0 Å². The van der Waals surface area contributed by atoms with E-state index in [0.29, 0.717) is 24.0 Å². The van der Waals surface area contributed by atoms with E-state index in [-0.39, 0.29) is 17.9 Å². The number of aromatic amines is 1. The topological polar surface area (TPSA) is 82.2 Å². The third-order valence-corrected chi connectivity index (χ3v) is 5.03. The second kappa shape index (κ2) is 8.43. The van der Waals surface area contributed by atoms with Gasteiger partial charge in [0.05, 0.1) is 0 Å². The largest absolute Gasteiger partial charge is 0.340 e. The van der Waals surface area contributed by atoms with Crippen LogP contribution in [0, 0.1) is 6.92 Å². The molecule has 0 atom stereocenters. The summed E-state index contributed by atoms with van der Waals surface area (Å²) in [6, 6.07) is 8.22. The number of piperazine rings is 1. The van der Waals surface area contributed by atoms with Crippen molar-refractivity contribution in [1.29, 1.82) is 0 Å². The van der Waals surface area contributed by atoms with Crippen molar-refractivity contribution in [2.75, 3.05) is 26.2 Å². The van der Waals surface area contributed by atoms with Crippen molar-refractivity contribution in [3.8, 4) is 11.4 Å². The summed E-state index contributed by atoms with van der Waals surface area (Å²) in [6.07, 6.45) is 0.586. The third-order valence-electron chi connectivity index (χ3n) is 5.03. The minimum absolute atomic E-state index is 0.0716. The van der Waals surface area contributed by atoms with Gasteiger partial charge in [0.25, 0.3) is 5.56 Å². The number of carbonyl (C=O) groups is 1. The lowest BCUT2D eigenvalue weighted by Gasteiger charge is -2.37. The number of amides is 1. The predicted octanol–water partition coefficient (Wildman–Crippen LogP) is 1.63. The molecule has 0 aliphatic carbocycles. The highest BCUT2D eigenvalue weighted by Gasteiger charge is 2.22. The quantitative estimate of drug-likeness (QED) is 0.866. The molecule has 0 saturated carbocycles. The average Bonchev–Trinajstić information content (AvgIpc) is 2.66. The van der Waals surface area contributed by atoms with E-state index in [9.17, 15) is 9.59 Å². The maximum atomic E-state index is 12.4. The molecule has 7 heteroatoms. The fourth-order valence-electron chi connectivity index (χ4n) is 3.32. The summed E-state index contributed by atoms with van der Waals surface area (Å²) in [7, 11) is 0. The molecule has 27 heavy (non-hydrogen) atoms. The normalized spacial score (nSPS) is 15.3. The van der Waals surface area contributed by atoms with Gasteiger partial charge >= 0.3 is 0 Å². The molecule has 2 aromatic rings. The number of aromatic nitrogens is 3. The van der Waals surface area contributed by atoms with E-state index in [1.165, 1.54) is 0 Å². The summed E-state index contributed by atoms with van der Waals surface area (Å²) in [5.74, 6) is 0.519.